The van der Waals surface area contributed by atoms with Gasteiger partial charge in [0.2, 0.25) is 41.4 Å². The summed E-state index contributed by atoms with van der Waals surface area (Å²) in [5.41, 5.74) is -1.95. The lowest BCUT2D eigenvalue weighted by atomic mass is 9.80. The predicted octanol–water partition coefficient (Wildman–Crippen LogP) is -1.49. The summed E-state index contributed by atoms with van der Waals surface area (Å²) in [4.78, 5) is 222. The zero-order chi connectivity index (χ0) is 96.6. The molecule has 6 aromatic rings. The van der Waals surface area contributed by atoms with Gasteiger partial charge in [-0.2, -0.15) is 11.8 Å². The molecule has 132 heavy (non-hydrogen) atoms. The molecular formula is C81H103N19O25S7. The summed E-state index contributed by atoms with van der Waals surface area (Å²) in [5, 5.41) is 136. The molecule has 24 atom stereocenters. The third-order valence-corrected chi connectivity index (χ3v) is 29.6. The van der Waals surface area contributed by atoms with Gasteiger partial charge in [-0.3, -0.25) is 63.0 Å². The fourth-order valence-corrected chi connectivity index (χ4v) is 21.4. The molecule has 10 unspecified atom stereocenters. The molecule has 51 heteroatoms. The lowest BCUT2D eigenvalue weighted by Crippen LogP contribution is -2.60. The number of thioether (sulfide) groups is 2. The van der Waals surface area contributed by atoms with Gasteiger partial charge in [0, 0.05) is 56.6 Å². The van der Waals surface area contributed by atoms with Crippen LogP contribution >= 0.6 is 80.2 Å². The monoisotopic (exact) mass is 1970 g/mol. The second-order valence-corrected chi connectivity index (χ2v) is 38.8. The maximum atomic E-state index is 15.9. The molecular weight excluding hydrogens is 1860 g/mol. The van der Waals surface area contributed by atoms with Crippen molar-refractivity contribution in [3.63, 3.8) is 0 Å². The molecule has 11 rings (SSSR count). The van der Waals surface area contributed by atoms with E-state index in [9.17, 15) is 84.3 Å². The number of hydrogen-bond donors (Lipinski definition) is 21. The number of hydrogen-bond acceptors (Lipinski definition) is 40. The van der Waals surface area contributed by atoms with E-state index in [4.69, 9.17) is 34.9 Å². The minimum Gasteiger partial charge on any atom is -0.467 e. The van der Waals surface area contributed by atoms with Gasteiger partial charge in [-0.25, -0.2) is 39.5 Å². The van der Waals surface area contributed by atoms with Crippen LogP contribution in [0.5, 0.6) is 0 Å². The Hall–Kier alpha value is -10.2. The van der Waals surface area contributed by atoms with Gasteiger partial charge >= 0.3 is 11.9 Å². The Balaban J connectivity index is 1.10. The van der Waals surface area contributed by atoms with Gasteiger partial charge in [-0.15, -0.1) is 68.4 Å². The van der Waals surface area contributed by atoms with Gasteiger partial charge in [0.05, 0.1) is 66.9 Å². The number of nitrogens with one attached hydrogen (secondary N) is 11. The number of fused-ring (bicyclic) bond motifs is 8. The maximum Gasteiger partial charge on any atom is 0.357 e. The van der Waals surface area contributed by atoms with Crippen LogP contribution < -0.4 is 64.2 Å². The van der Waals surface area contributed by atoms with Crippen molar-refractivity contribution in [3.8, 4) is 0 Å². The molecule has 11 amide bonds. The first kappa shape index (κ1) is 102. The topological polar surface area (TPSA) is 680 Å². The summed E-state index contributed by atoms with van der Waals surface area (Å²) in [7, 11) is 1.08. The van der Waals surface area contributed by atoms with Crippen molar-refractivity contribution in [3.05, 3.63) is 121 Å². The number of ether oxygens (including phenoxy) is 3. The highest BCUT2D eigenvalue weighted by atomic mass is 32.2. The minimum atomic E-state index is -2.27. The van der Waals surface area contributed by atoms with Crippen molar-refractivity contribution in [1.82, 2.24) is 88.4 Å². The van der Waals surface area contributed by atoms with E-state index in [-0.39, 0.29) is 88.9 Å². The van der Waals surface area contributed by atoms with Crippen molar-refractivity contribution < 1.29 is 122 Å². The number of nitrogens with zero attached hydrogens (tertiary/aromatic N) is 7. The molecule has 10 heterocycles. The number of primary amides is 1. The molecule has 0 spiro atoms. The number of aromatic nitrogens is 6. The van der Waals surface area contributed by atoms with Crippen LogP contribution in [0, 0.1) is 5.92 Å². The molecule has 5 aliphatic rings. The van der Waals surface area contributed by atoms with Crippen LogP contribution in [-0.2, 0) is 58.1 Å². The van der Waals surface area contributed by atoms with Crippen LogP contribution in [0.15, 0.2) is 50.1 Å². The Morgan fingerprint density at radius 1 is 0.727 bits per heavy atom. The number of cyclic esters (lactones) is 1. The van der Waals surface area contributed by atoms with Gasteiger partial charge in [0.25, 0.3) is 23.6 Å². The van der Waals surface area contributed by atoms with E-state index in [1.807, 2.05) is 0 Å². The number of methoxy groups -OCH3 is 1. The highest BCUT2D eigenvalue weighted by Gasteiger charge is 2.52. The molecule has 0 saturated carbocycles. The smallest absolute Gasteiger partial charge is 0.357 e. The lowest BCUT2D eigenvalue weighted by molar-refractivity contribution is -0.205. The van der Waals surface area contributed by atoms with E-state index in [1.54, 1.807) is 13.8 Å². The number of aliphatic hydroxyl groups excluding tert-OH is 8. The average Bonchev–Trinajstić information content (AvgIpc) is 1.56. The predicted molar refractivity (Wildman–Crippen MR) is 481 cm³/mol. The van der Waals surface area contributed by atoms with E-state index in [0.717, 1.165) is 94.2 Å². The highest BCUT2D eigenvalue weighted by Crippen LogP contribution is 2.48. The standard InChI is InChI=1S/C81H103N19O25S7/c1-13-29(3)52-70(118)84-30(4)63(111)91-45(21-126-22-50(76(120)123-12)85-36(10)105)65(113)83-31(5)64(112)100-81-18-17-41(73-94-46(25-128-73)66(114)90-44(62(82)110)24-131-78-59(109)58(108)57(107)51(20-101)125-78)88-60(81)43-23-129-74(92-43)54(34(8)124-77(121)42-19-38(32(6)102)37-15-16-40(86-52)56(106)55(37)87-42)98-67(115)47-27-130-75(95-47)61(80(11,122)35(9)104)99-69(117)48-26-127-72(93-48)39(14-2)89-71(119)53(33(7)103)97-68(116)49-28-132-79(81)96-49/h14-16,19,23,25-35,40,44-45,50-54,56-61,78,86,101-104,106-109,122H,13,17-18,20-22,24H2,1-12H3,(H2,82,110)(H,83,113)(H,84,118)(H,85,105)(H,89,119)(H,90,114)(H,91,111)(H,97,116)(H,98,115)(H,99,117)(H,100,112)/b39-14-/t29-,30-,31-,32-,33+,34+,35+,40?,44?,45?,50?,51?,52-,53-,54-,56-,57?,58?,59?,60+,61+,78?,80+,81?/m0/s1. The molecule has 1 saturated heterocycles. The molecule has 44 nitrogen and oxygen atoms in total. The highest BCUT2D eigenvalue weighted by molar-refractivity contribution is 8.00. The molecule has 1 aliphatic carbocycles. The molecule has 1 fully saturated rings. The third kappa shape index (κ3) is 23.2. The maximum absolute atomic E-state index is 15.9. The first-order valence-electron chi connectivity index (χ1n) is 41.5. The number of rotatable bonds is 20. The van der Waals surface area contributed by atoms with Crippen LogP contribution in [0.1, 0.15) is 226 Å². The number of carbonyl (C=O) groups excluding carboxylic acids is 13. The van der Waals surface area contributed by atoms with E-state index in [1.165, 1.54) is 107 Å². The number of amides is 11. The Kier molecular flexibility index (Phi) is 34.0. The van der Waals surface area contributed by atoms with Crippen molar-refractivity contribution in [2.75, 3.05) is 31.0 Å². The second-order valence-electron chi connectivity index (χ2n) is 32.2. The largest absolute Gasteiger partial charge is 0.467 e. The molecule has 6 aromatic heterocycles. The van der Waals surface area contributed by atoms with Gasteiger partial charge in [-0.05, 0) is 85.8 Å². The summed E-state index contributed by atoms with van der Waals surface area (Å²) in [6, 6.07) is -15.6. The fourth-order valence-electron chi connectivity index (χ4n) is 14.5. The summed E-state index contributed by atoms with van der Waals surface area (Å²) in [6.07, 6.45) is -10.4. The summed E-state index contributed by atoms with van der Waals surface area (Å²) >= 11 is 5.66. The van der Waals surface area contributed by atoms with Crippen LogP contribution in [0.25, 0.3) is 11.8 Å². The van der Waals surface area contributed by atoms with E-state index in [2.05, 4.69) is 78.4 Å². The summed E-state index contributed by atoms with van der Waals surface area (Å²) in [6.45, 7) is 14.3. The average molecular weight is 1970 g/mol. The number of esters is 2. The van der Waals surface area contributed by atoms with E-state index >= 15 is 24.0 Å². The normalized spacial score (nSPS) is 28.3. The van der Waals surface area contributed by atoms with Crippen LogP contribution in [0.4, 0.5) is 0 Å². The zero-order valence-electron chi connectivity index (χ0n) is 73.0. The summed E-state index contributed by atoms with van der Waals surface area (Å²) < 4.78 is 16.8. The number of allylic oxidation sites excluding steroid dienone is 1. The quantitative estimate of drug-likeness (QED) is 0.0387. The lowest BCUT2D eigenvalue weighted by Gasteiger charge is -2.41. The molecule has 714 valence electrons. The fraction of sp³-hybridized carbons (Fsp3) is 0.531. The molecule has 22 N–H and O–H groups in total. The zero-order valence-corrected chi connectivity index (χ0v) is 78.7. The number of aliphatic imine (C=N–C) groups is 1. The minimum absolute atomic E-state index is 0.0122. The number of carbonyl (C=O) groups is 13. The number of nitrogens with two attached hydrogens (primary N) is 1. The number of thiazole rings is 5. The Morgan fingerprint density at radius 2 is 1.39 bits per heavy atom. The molecule has 13 bridgehead atoms. The van der Waals surface area contributed by atoms with Gasteiger partial charge in [-0.1, -0.05) is 38.5 Å². The van der Waals surface area contributed by atoms with E-state index < -0.39 is 256 Å². The number of aliphatic hydroxyl groups is 9. The van der Waals surface area contributed by atoms with Gasteiger partial charge in [0.15, 0.2) is 0 Å². The summed E-state index contributed by atoms with van der Waals surface area (Å²) in [5.74, 6) is -14.3. The van der Waals surface area contributed by atoms with Crippen LogP contribution in [0.2, 0.25) is 0 Å². The Morgan fingerprint density at radius 3 is 2.05 bits per heavy atom. The van der Waals surface area contributed by atoms with Crippen molar-refractivity contribution in [2.45, 2.75) is 233 Å². The van der Waals surface area contributed by atoms with Crippen molar-refractivity contribution >= 4 is 175 Å². The number of pyridine rings is 1. The first-order chi connectivity index (χ1) is 62.4. The van der Waals surface area contributed by atoms with Gasteiger partial charge < -0.3 is 119 Å². The third-order valence-electron chi connectivity index (χ3n) is 22.6. The van der Waals surface area contributed by atoms with Crippen LogP contribution in [0.3, 0.4) is 0 Å². The van der Waals surface area contributed by atoms with E-state index in [0.29, 0.717) is 6.42 Å². The van der Waals surface area contributed by atoms with Crippen molar-refractivity contribution in [1.29, 1.82) is 0 Å². The second kappa shape index (κ2) is 43.9. The first-order valence-corrected chi connectivity index (χ1v) is 48.1. The molecule has 0 aromatic carbocycles. The van der Waals surface area contributed by atoms with Crippen molar-refractivity contribution in [2.24, 2.45) is 16.6 Å². The molecule has 0 radical (unpaired) electrons. The Bertz CT molecular complexity index is 5420. The van der Waals surface area contributed by atoms with Crippen LogP contribution in [-0.4, -0.2) is 292 Å². The SMILES string of the molecule is C/C=C1\NC(=O)[C@H]([C@@H](C)O)NC(=O)c2csc(n2)C23CCC(c4nc(C(=O)NC(CSC5OC(CO)C(O)C(O)C5O)C(N)=O)cs4)=N[C@@H]2c2csc(n2)[C@@H](NC(=O)c2csc(n2)[C@H]([C@](C)(O)[C@@H](C)O)NC(=O)c2csc1n2)[C@@H](C)OC(=O)c1cc([C@H](C)O)c2c(n1)[C@@H](O)C(C=C2)N[C@@H]([C@@H](C)CC)C(=O)N[C@@H](C)C(=O)NC(CSCC(NC(C)=O)C(=O)OC)C(=O)N[C@@H](C)C(=O)N3. The van der Waals surface area contributed by atoms with Gasteiger partial charge in [0.1, 0.15) is 161 Å². The molecule has 4 aliphatic heterocycles. The Labute approximate surface area is 782 Å².